The molecule has 1 aliphatic rings. The van der Waals surface area contributed by atoms with Crippen LogP contribution < -0.4 is 5.32 Å². The van der Waals surface area contributed by atoms with Crippen LogP contribution in [0.3, 0.4) is 0 Å². The Morgan fingerprint density at radius 3 is 1.50 bits per heavy atom. The Morgan fingerprint density at radius 1 is 0.821 bits per heavy atom. The molecule has 0 aromatic heterocycles. The minimum Gasteiger partial charge on any atom is -0.508 e. The van der Waals surface area contributed by atoms with Crippen LogP contribution in [-0.2, 0) is 0 Å². The van der Waals surface area contributed by atoms with E-state index < -0.39 is 39.4 Å². The molecule has 148 valence electrons. The molecular formula is C19H21N3O6. The number of benzene rings is 2. The van der Waals surface area contributed by atoms with Crippen LogP contribution in [0.1, 0.15) is 37.1 Å². The zero-order chi connectivity index (χ0) is 20.6. The Hall–Kier alpha value is -3.20. The highest BCUT2D eigenvalue weighted by atomic mass is 16.6. The van der Waals surface area contributed by atoms with Crippen molar-refractivity contribution >= 4 is 0 Å². The van der Waals surface area contributed by atoms with Gasteiger partial charge in [-0.15, -0.1) is 0 Å². The Morgan fingerprint density at radius 2 is 1.18 bits per heavy atom. The average molecular weight is 387 g/mol. The summed E-state index contributed by atoms with van der Waals surface area (Å²) in [7, 11) is 0. The summed E-state index contributed by atoms with van der Waals surface area (Å²) >= 11 is 0. The van der Waals surface area contributed by atoms with Crippen LogP contribution in [0.4, 0.5) is 0 Å². The van der Waals surface area contributed by atoms with Gasteiger partial charge < -0.3 is 10.2 Å². The second-order valence-corrected chi connectivity index (χ2v) is 7.52. The number of nitrogens with zero attached hydrogens (tertiary/aromatic N) is 2. The van der Waals surface area contributed by atoms with Gasteiger partial charge in [0.2, 0.25) is 12.1 Å². The van der Waals surface area contributed by atoms with Crippen molar-refractivity contribution in [1.82, 2.24) is 5.32 Å². The van der Waals surface area contributed by atoms with Gasteiger partial charge >= 0.3 is 0 Å². The van der Waals surface area contributed by atoms with Crippen molar-refractivity contribution < 1.29 is 20.1 Å². The first-order valence-electron chi connectivity index (χ1n) is 8.75. The number of hydrogen-bond acceptors (Lipinski definition) is 7. The van der Waals surface area contributed by atoms with Crippen LogP contribution >= 0.6 is 0 Å². The smallest absolute Gasteiger partial charge is 0.244 e. The maximum Gasteiger partial charge on any atom is 0.244 e. The molecule has 1 saturated heterocycles. The number of rotatable bonds is 4. The van der Waals surface area contributed by atoms with Crippen molar-refractivity contribution in [1.29, 1.82) is 0 Å². The molecule has 4 atom stereocenters. The lowest BCUT2D eigenvalue weighted by atomic mass is 9.66. The van der Waals surface area contributed by atoms with Crippen LogP contribution in [0.25, 0.3) is 0 Å². The van der Waals surface area contributed by atoms with E-state index in [9.17, 15) is 30.4 Å². The molecule has 0 aliphatic carbocycles. The van der Waals surface area contributed by atoms with E-state index in [0.29, 0.717) is 0 Å². The molecule has 9 heteroatoms. The minimum atomic E-state index is -1.39. The van der Waals surface area contributed by atoms with Gasteiger partial charge in [0.25, 0.3) is 0 Å². The Balaban J connectivity index is 2.21. The fourth-order valence-electron chi connectivity index (χ4n) is 4.22. The fraction of sp³-hybridized carbons (Fsp3) is 0.368. The van der Waals surface area contributed by atoms with Gasteiger partial charge in [0.15, 0.2) is 0 Å². The van der Waals surface area contributed by atoms with E-state index in [4.69, 9.17) is 0 Å². The molecule has 2 aromatic rings. The maximum absolute atomic E-state index is 12.0. The Labute approximate surface area is 160 Å². The third-order valence-corrected chi connectivity index (χ3v) is 5.51. The SMILES string of the molecule is CC1(C)[C@@H]([N+](=O)[O-])[C@@H](c2ccccc2O)N[C@@H](c2ccccc2O)[C@H]1[N+](=O)[O-]. The summed E-state index contributed by atoms with van der Waals surface area (Å²) in [6.45, 7) is 2.96. The van der Waals surface area contributed by atoms with Crippen molar-refractivity contribution in [3.8, 4) is 11.5 Å². The second-order valence-electron chi connectivity index (χ2n) is 7.52. The van der Waals surface area contributed by atoms with Crippen LogP contribution in [0.15, 0.2) is 48.5 Å². The summed E-state index contributed by atoms with van der Waals surface area (Å²) in [5.74, 6) is -0.281. The zero-order valence-electron chi connectivity index (χ0n) is 15.4. The summed E-state index contributed by atoms with van der Waals surface area (Å²) in [6.07, 6.45) is 0. The van der Waals surface area contributed by atoms with E-state index in [1.165, 1.54) is 26.0 Å². The lowest BCUT2D eigenvalue weighted by molar-refractivity contribution is -0.605. The molecule has 2 aromatic carbocycles. The molecule has 0 radical (unpaired) electrons. The molecule has 0 saturated carbocycles. The number of aromatic hydroxyl groups is 2. The number of piperidine rings is 1. The molecule has 0 spiro atoms. The molecule has 0 unspecified atom stereocenters. The summed E-state index contributed by atoms with van der Waals surface area (Å²) in [5.41, 5.74) is -0.836. The van der Waals surface area contributed by atoms with Gasteiger partial charge in [-0.3, -0.25) is 25.5 Å². The van der Waals surface area contributed by atoms with Crippen molar-refractivity contribution in [2.24, 2.45) is 5.41 Å². The highest BCUT2D eigenvalue weighted by Crippen LogP contribution is 2.49. The van der Waals surface area contributed by atoms with Gasteiger partial charge in [-0.2, -0.15) is 0 Å². The number of hydrogen-bond donors (Lipinski definition) is 3. The monoisotopic (exact) mass is 387 g/mol. The van der Waals surface area contributed by atoms with Crippen molar-refractivity contribution in [3.63, 3.8) is 0 Å². The lowest BCUT2D eigenvalue weighted by Gasteiger charge is -2.44. The number of phenolic OH excluding ortho intramolecular Hbond substituents is 2. The van der Waals surface area contributed by atoms with E-state index in [0.717, 1.165) is 0 Å². The molecular weight excluding hydrogens is 366 g/mol. The third-order valence-electron chi connectivity index (χ3n) is 5.51. The topological polar surface area (TPSA) is 139 Å². The van der Waals surface area contributed by atoms with E-state index in [1.54, 1.807) is 36.4 Å². The molecule has 28 heavy (non-hydrogen) atoms. The van der Waals surface area contributed by atoms with Crippen LogP contribution in [-0.4, -0.2) is 32.1 Å². The van der Waals surface area contributed by atoms with Crippen LogP contribution in [0.2, 0.25) is 0 Å². The standard InChI is InChI=1S/C19H21N3O6/c1-19(2)17(21(25)26)15(11-7-3-5-9-13(11)23)20-16(18(19)22(27)28)12-8-4-6-10-14(12)24/h3-10,15-18,20,23-24H,1-2H3/t15-,16+,17+,18-. The highest BCUT2D eigenvalue weighted by Gasteiger charge is 2.63. The van der Waals surface area contributed by atoms with Crippen LogP contribution in [0.5, 0.6) is 11.5 Å². The summed E-state index contributed by atoms with van der Waals surface area (Å²) < 4.78 is 0. The molecule has 0 amide bonds. The largest absolute Gasteiger partial charge is 0.508 e. The van der Waals surface area contributed by atoms with Crippen molar-refractivity contribution in [2.45, 2.75) is 38.0 Å². The Kier molecular flexibility index (Phi) is 4.95. The molecule has 1 fully saturated rings. The normalized spacial score (nSPS) is 26.5. The number of phenols is 2. The van der Waals surface area contributed by atoms with Gasteiger partial charge in [0.05, 0.1) is 0 Å². The molecule has 0 bridgehead atoms. The van der Waals surface area contributed by atoms with Gasteiger partial charge in [0, 0.05) is 21.0 Å². The number of para-hydroxylation sites is 2. The van der Waals surface area contributed by atoms with Gasteiger partial charge in [-0.25, -0.2) is 0 Å². The van der Waals surface area contributed by atoms with Crippen molar-refractivity contribution in [2.75, 3.05) is 0 Å². The Bertz CT molecular complexity index is 845. The van der Waals surface area contributed by atoms with E-state index >= 15 is 0 Å². The minimum absolute atomic E-state index is 0.141. The third kappa shape index (κ3) is 3.13. The molecule has 1 heterocycles. The summed E-state index contributed by atoms with van der Waals surface area (Å²) in [6, 6.07) is 7.64. The summed E-state index contributed by atoms with van der Waals surface area (Å²) in [4.78, 5) is 22.8. The quantitative estimate of drug-likeness (QED) is 0.541. The molecule has 3 rings (SSSR count). The van der Waals surface area contributed by atoms with Crippen LogP contribution in [0, 0.1) is 25.6 Å². The second kappa shape index (κ2) is 7.08. The first-order chi connectivity index (χ1) is 13.2. The number of nitro groups is 2. The molecule has 3 N–H and O–H groups in total. The van der Waals surface area contributed by atoms with Crippen molar-refractivity contribution in [3.05, 3.63) is 79.9 Å². The van der Waals surface area contributed by atoms with E-state index in [2.05, 4.69) is 5.32 Å². The van der Waals surface area contributed by atoms with Gasteiger partial charge in [-0.05, 0) is 26.0 Å². The molecule has 1 aliphatic heterocycles. The predicted molar refractivity (Wildman–Crippen MR) is 100 cm³/mol. The fourth-order valence-corrected chi connectivity index (χ4v) is 4.22. The van der Waals surface area contributed by atoms with Gasteiger partial charge in [0.1, 0.15) is 29.0 Å². The lowest BCUT2D eigenvalue weighted by Crippen LogP contribution is -2.63. The first kappa shape index (κ1) is 19.6. The van der Waals surface area contributed by atoms with E-state index in [1.807, 2.05) is 0 Å². The summed E-state index contributed by atoms with van der Waals surface area (Å²) in [5, 5.41) is 47.4. The van der Waals surface area contributed by atoms with Gasteiger partial charge in [-0.1, -0.05) is 36.4 Å². The van der Waals surface area contributed by atoms with E-state index in [-0.39, 0.29) is 22.6 Å². The zero-order valence-corrected chi connectivity index (χ0v) is 15.4. The number of nitrogens with one attached hydrogen (secondary N) is 1. The molecule has 9 nitrogen and oxygen atoms in total. The first-order valence-corrected chi connectivity index (χ1v) is 8.75. The highest BCUT2D eigenvalue weighted by molar-refractivity contribution is 5.40. The predicted octanol–water partition coefficient (Wildman–Crippen LogP) is 2.80. The average Bonchev–Trinajstić information content (AvgIpc) is 2.60. The maximum atomic E-state index is 12.0.